The second-order valence-corrected chi connectivity index (χ2v) is 32.9. The number of ketones is 1. The quantitative estimate of drug-likeness (QED) is 0.148. The minimum atomic E-state index is 0.0176. The van der Waals surface area contributed by atoms with Gasteiger partial charge in [0.15, 0.2) is 5.78 Å². The summed E-state index contributed by atoms with van der Waals surface area (Å²) in [4.78, 5) is 81.9. The van der Waals surface area contributed by atoms with Crippen molar-refractivity contribution >= 4 is 111 Å². The molecular weight excluding hydrogens is 1330 g/mol. The lowest BCUT2D eigenvalue weighted by atomic mass is 9.86. The molecule has 5 aliphatic heterocycles. The molecule has 15 rings (SSSR count). The van der Waals surface area contributed by atoms with Gasteiger partial charge in [0, 0.05) is 151 Å². The van der Waals surface area contributed by atoms with Crippen LogP contribution < -0.4 is 19.6 Å². The monoisotopic (exact) mass is 1430 g/mol. The van der Waals surface area contributed by atoms with Gasteiger partial charge in [-0.1, -0.05) is 164 Å². The SMILES string of the molecule is CC(C)c1ccc2c(c1)CC(=O)/C2=C\C1=CN=CC1.CN1C(=O)/C(=C\c2cccn2C)c2ccc(C(C)(C)C)cc21.CN1C(=O)/C(=C\c2cncn2C)c2ccc(C(C)(C)C)cc21.CN1C(=O)/C(=C\c2cnn(C)c2)c2ccc(C(C)(C)C)cc21.CN1C(=O)/C(=C\c2nccn2C)c2ccc(C(C)(C)C)cc21. The number of hydrogen-bond acceptors (Lipinski definition) is 9. The number of likely N-dealkylation sites (N-methyl/N-ethyl adjacent to an activating group) is 4. The lowest BCUT2D eigenvalue weighted by molar-refractivity contribution is -0.113. The van der Waals surface area contributed by atoms with E-state index in [2.05, 4.69) is 202 Å². The first-order valence-corrected chi connectivity index (χ1v) is 36.5. The fourth-order valence-electron chi connectivity index (χ4n) is 13.5. The van der Waals surface area contributed by atoms with Crippen molar-refractivity contribution in [3.63, 3.8) is 0 Å². The molecule has 552 valence electrons. The Balaban J connectivity index is 0.000000133. The molecule has 1 aliphatic carbocycles. The first-order valence-electron chi connectivity index (χ1n) is 36.5. The van der Waals surface area contributed by atoms with Gasteiger partial charge in [0.2, 0.25) is 0 Å². The highest BCUT2D eigenvalue weighted by Crippen LogP contribution is 2.44. The Morgan fingerprint density at radius 3 is 1.27 bits per heavy atom. The summed E-state index contributed by atoms with van der Waals surface area (Å²) >= 11 is 0. The van der Waals surface area contributed by atoms with E-state index >= 15 is 0 Å². The standard InChI is InChI=1S/C19H22N2O.3C18H21N3O.C17H17NO/c1-19(2,3)13-8-9-15-16(12-14-7-6-10-20(14)4)18(22)21(5)17(15)11-13;1-18(2,3)13-6-7-14-15(8-12-10-19-20(4)11-12)17(22)21(5)16(14)9-13;1-18(2,3)12-6-7-14-15(9-13-10-19-11-20(13)4)17(22)21(5)16(14)8-12;1-18(2,3)12-6-7-13-14(11-16-19-8-9-20(16)4)17(22)21(5)15(13)10-12;1-11(2)13-3-4-15-14(8-13)9-17(19)16(15)7-12-5-6-18-10-12/h6-12H,1-5H3;3*6-11H,1-5H3;3-4,6-8,10-11H,5,9H2,1-2H3/b16-12-;15-8-;15-9-;14-11-;16-7-. The lowest BCUT2D eigenvalue weighted by Crippen LogP contribution is -2.21. The van der Waals surface area contributed by atoms with Gasteiger partial charge in [0.25, 0.3) is 23.6 Å². The predicted molar refractivity (Wildman–Crippen MR) is 439 cm³/mol. The zero-order valence-electron chi connectivity index (χ0n) is 66.3. The third-order valence-electron chi connectivity index (χ3n) is 20.5. The number of imidazole rings is 2. The number of rotatable bonds is 6. The zero-order chi connectivity index (χ0) is 77.7. The van der Waals surface area contributed by atoms with Crippen LogP contribution in [0.15, 0.2) is 169 Å². The fourth-order valence-corrected chi connectivity index (χ4v) is 13.5. The predicted octanol–water partition coefficient (Wildman–Crippen LogP) is 17.2. The van der Waals surface area contributed by atoms with E-state index in [1.54, 1.807) is 49.2 Å². The summed E-state index contributed by atoms with van der Waals surface area (Å²) in [5.74, 6) is 1.64. The molecule has 9 aromatic rings. The van der Waals surface area contributed by atoms with E-state index in [-0.39, 0.29) is 51.1 Å². The number of nitrogens with zero attached hydrogens (tertiary/aromatic N) is 12. The Bertz CT molecular complexity index is 4930. The molecule has 9 heterocycles. The van der Waals surface area contributed by atoms with Crippen molar-refractivity contribution in [1.82, 2.24) is 33.4 Å². The highest BCUT2D eigenvalue weighted by atomic mass is 16.2. The summed E-state index contributed by atoms with van der Waals surface area (Å²) in [5, 5.41) is 4.15. The van der Waals surface area contributed by atoms with E-state index in [0.717, 1.165) is 108 Å². The Labute approximate surface area is 631 Å². The number of amides is 4. The van der Waals surface area contributed by atoms with Crippen molar-refractivity contribution in [2.75, 3.05) is 47.8 Å². The van der Waals surface area contributed by atoms with Crippen LogP contribution in [-0.4, -0.2) is 97.3 Å². The van der Waals surface area contributed by atoms with Crippen molar-refractivity contribution in [2.24, 2.45) is 33.2 Å². The molecule has 0 spiro atoms. The summed E-state index contributed by atoms with van der Waals surface area (Å²) in [7, 11) is 15.0. The van der Waals surface area contributed by atoms with Gasteiger partial charge in [-0.25, -0.2) is 9.97 Å². The van der Waals surface area contributed by atoms with E-state index in [4.69, 9.17) is 0 Å². The number of benzene rings is 5. The molecule has 107 heavy (non-hydrogen) atoms. The Kier molecular flexibility index (Phi) is 21.5. The van der Waals surface area contributed by atoms with Gasteiger partial charge < -0.3 is 33.3 Å². The summed E-state index contributed by atoms with van der Waals surface area (Å²) in [6.07, 6.45) is 27.5. The first kappa shape index (κ1) is 76.8. The minimum Gasteiger partial charge on any atom is -0.351 e. The Morgan fingerprint density at radius 2 is 0.897 bits per heavy atom. The number of hydrogen-bond donors (Lipinski definition) is 0. The summed E-state index contributed by atoms with van der Waals surface area (Å²) in [6, 6.07) is 35.6. The van der Waals surface area contributed by atoms with Crippen LogP contribution in [0, 0.1) is 0 Å². The minimum absolute atomic E-state index is 0.0176. The van der Waals surface area contributed by atoms with Crippen molar-refractivity contribution in [1.29, 1.82) is 0 Å². The maximum Gasteiger partial charge on any atom is 0.258 e. The molecule has 0 saturated heterocycles. The van der Waals surface area contributed by atoms with Gasteiger partial charge in [0.05, 0.1) is 63.9 Å². The van der Waals surface area contributed by atoms with E-state index in [0.29, 0.717) is 17.9 Å². The molecule has 17 nitrogen and oxygen atoms in total. The normalized spacial score (nSPS) is 17.0. The summed E-state index contributed by atoms with van der Waals surface area (Å²) < 4.78 is 7.56. The molecule has 4 aromatic heterocycles. The number of aromatic nitrogens is 7. The number of carbonyl (C=O) groups is 5. The van der Waals surface area contributed by atoms with Crippen LogP contribution >= 0.6 is 0 Å². The first-order chi connectivity index (χ1) is 50.3. The second-order valence-electron chi connectivity index (χ2n) is 32.9. The molecule has 0 radical (unpaired) electrons. The zero-order valence-corrected chi connectivity index (χ0v) is 66.3. The Hall–Kier alpha value is -11.3. The molecule has 0 bridgehead atoms. The van der Waals surface area contributed by atoms with Crippen LogP contribution in [0.3, 0.4) is 0 Å². The smallest absolute Gasteiger partial charge is 0.258 e. The second kappa shape index (κ2) is 29.9. The number of carbonyl (C=O) groups excluding carboxylic acids is 5. The fraction of sp³-hybridized carbons (Fsp3) is 0.322. The Morgan fingerprint density at radius 1 is 0.449 bits per heavy atom. The molecule has 0 saturated carbocycles. The van der Waals surface area contributed by atoms with Crippen LogP contribution in [0.1, 0.15) is 193 Å². The van der Waals surface area contributed by atoms with Crippen LogP contribution in [0.4, 0.5) is 22.7 Å². The molecule has 0 atom stereocenters. The van der Waals surface area contributed by atoms with Gasteiger partial charge in [-0.2, -0.15) is 5.10 Å². The van der Waals surface area contributed by atoms with E-state index in [1.165, 1.54) is 33.4 Å². The molecule has 4 amide bonds. The molecule has 0 unspecified atom stereocenters. The van der Waals surface area contributed by atoms with Crippen LogP contribution in [0.2, 0.25) is 0 Å². The molecule has 0 N–H and O–H groups in total. The van der Waals surface area contributed by atoms with Gasteiger partial charge >= 0.3 is 0 Å². The molecule has 5 aromatic carbocycles. The highest BCUT2D eigenvalue weighted by molar-refractivity contribution is 6.38. The van der Waals surface area contributed by atoms with Gasteiger partial charge in [-0.05, 0) is 139 Å². The number of allylic oxidation sites excluding steroid dienone is 3. The number of fused-ring (bicyclic) bond motifs is 5. The van der Waals surface area contributed by atoms with Crippen molar-refractivity contribution in [2.45, 2.75) is 137 Å². The lowest BCUT2D eigenvalue weighted by Gasteiger charge is -2.21. The third-order valence-corrected chi connectivity index (χ3v) is 20.5. The molecule has 6 aliphatic rings. The third kappa shape index (κ3) is 16.3. The molecule has 0 fully saturated rings. The maximum atomic E-state index is 12.6. The van der Waals surface area contributed by atoms with Gasteiger partial charge in [-0.15, -0.1) is 0 Å². The van der Waals surface area contributed by atoms with Crippen LogP contribution in [0.5, 0.6) is 0 Å². The number of aliphatic imine (C=N–C) groups is 1. The van der Waals surface area contributed by atoms with Gasteiger partial charge in [0.1, 0.15) is 5.82 Å². The molecular formula is C90H102N12O5. The maximum absolute atomic E-state index is 12.6. The number of Topliss-reactive ketones (excluding diaryl/α,β-unsaturated/α-hetero) is 1. The van der Waals surface area contributed by atoms with E-state index in [9.17, 15) is 24.0 Å². The number of anilines is 4. The topological polar surface area (TPSA) is 169 Å². The van der Waals surface area contributed by atoms with Crippen LogP contribution in [-0.2, 0) is 80.2 Å². The number of aryl methyl sites for hydroxylation is 4. The van der Waals surface area contributed by atoms with Crippen molar-refractivity contribution < 1.29 is 24.0 Å². The summed E-state index contributed by atoms with van der Waals surface area (Å²) in [5.41, 5.74) is 24.4. The van der Waals surface area contributed by atoms with Gasteiger partial charge in [-0.3, -0.25) is 33.6 Å². The largest absolute Gasteiger partial charge is 0.351 e. The highest BCUT2D eigenvalue weighted by Gasteiger charge is 2.36. The van der Waals surface area contributed by atoms with Crippen LogP contribution in [0.25, 0.3) is 52.2 Å². The average Bonchev–Trinajstić information content (AvgIpc) is 1.61. The van der Waals surface area contributed by atoms with Crippen molar-refractivity contribution in [3.05, 3.63) is 248 Å². The molecule has 17 heteroatoms. The van der Waals surface area contributed by atoms with E-state index < -0.39 is 0 Å². The average molecular weight is 1430 g/mol. The van der Waals surface area contributed by atoms with Crippen molar-refractivity contribution in [3.8, 4) is 0 Å². The van der Waals surface area contributed by atoms with E-state index in [1.807, 2.05) is 150 Å². The summed E-state index contributed by atoms with van der Waals surface area (Å²) in [6.45, 7) is 30.5.